The van der Waals surface area contributed by atoms with Crippen LogP contribution in [0.3, 0.4) is 0 Å². The van der Waals surface area contributed by atoms with E-state index in [-0.39, 0.29) is 49.7 Å². The smallest absolute Gasteiger partial charge is 0.254 e. The number of amides is 1. The molecular formula is C15H19FN2O6S2. The van der Waals surface area contributed by atoms with E-state index in [4.69, 9.17) is 0 Å². The topological polar surface area (TPSA) is 112 Å². The third kappa shape index (κ3) is 3.69. The van der Waals surface area contributed by atoms with Gasteiger partial charge in [0.2, 0.25) is 10.0 Å². The molecule has 0 aliphatic carbocycles. The van der Waals surface area contributed by atoms with Crippen molar-refractivity contribution in [1.29, 1.82) is 0 Å². The van der Waals surface area contributed by atoms with Crippen LogP contribution in [0.4, 0.5) is 4.39 Å². The van der Waals surface area contributed by atoms with Crippen LogP contribution >= 0.6 is 0 Å². The molecule has 26 heavy (non-hydrogen) atoms. The molecule has 11 heteroatoms. The summed E-state index contributed by atoms with van der Waals surface area (Å²) in [6, 6.07) is 3.32. The van der Waals surface area contributed by atoms with Crippen molar-refractivity contribution >= 4 is 25.8 Å². The number of carbonyl (C=O) groups excluding carboxylic acids is 1. The summed E-state index contributed by atoms with van der Waals surface area (Å²) in [4.78, 5) is 13.8. The van der Waals surface area contributed by atoms with Crippen molar-refractivity contribution in [3.8, 4) is 5.75 Å². The van der Waals surface area contributed by atoms with E-state index >= 15 is 0 Å². The first-order valence-electron chi connectivity index (χ1n) is 8.07. The highest BCUT2D eigenvalue weighted by Crippen LogP contribution is 2.24. The number of halogens is 1. The van der Waals surface area contributed by atoms with Crippen LogP contribution in [0.5, 0.6) is 5.75 Å². The van der Waals surface area contributed by atoms with Gasteiger partial charge in [-0.05, 0) is 24.6 Å². The van der Waals surface area contributed by atoms with Crippen molar-refractivity contribution in [2.45, 2.75) is 11.7 Å². The van der Waals surface area contributed by atoms with Crippen LogP contribution in [0.2, 0.25) is 0 Å². The number of aromatic hydroxyl groups is 1. The number of sulfonamides is 1. The van der Waals surface area contributed by atoms with Crippen molar-refractivity contribution in [1.82, 2.24) is 9.21 Å². The van der Waals surface area contributed by atoms with Crippen molar-refractivity contribution in [2.24, 2.45) is 0 Å². The van der Waals surface area contributed by atoms with Gasteiger partial charge in [-0.25, -0.2) is 21.2 Å². The number of piperazine rings is 1. The Hall–Kier alpha value is -1.72. The van der Waals surface area contributed by atoms with Gasteiger partial charge in [0, 0.05) is 31.7 Å². The molecule has 1 aromatic carbocycles. The molecule has 3 rings (SSSR count). The molecule has 0 saturated carbocycles. The number of sulfone groups is 1. The number of hydrogen-bond acceptors (Lipinski definition) is 6. The highest BCUT2D eigenvalue weighted by Gasteiger charge is 2.41. The van der Waals surface area contributed by atoms with Crippen LogP contribution in [0.1, 0.15) is 16.8 Å². The molecule has 1 N–H and O–H groups in total. The molecule has 1 unspecified atom stereocenters. The summed E-state index contributed by atoms with van der Waals surface area (Å²) in [6.45, 7) is 0.371. The van der Waals surface area contributed by atoms with Crippen molar-refractivity contribution < 1.29 is 31.1 Å². The van der Waals surface area contributed by atoms with Crippen LogP contribution in [-0.4, -0.2) is 80.0 Å². The van der Waals surface area contributed by atoms with Gasteiger partial charge in [-0.1, -0.05) is 0 Å². The maximum absolute atomic E-state index is 13.4. The van der Waals surface area contributed by atoms with E-state index in [1.807, 2.05) is 0 Å². The van der Waals surface area contributed by atoms with Crippen LogP contribution in [-0.2, 0) is 19.9 Å². The predicted molar refractivity (Wildman–Crippen MR) is 91.5 cm³/mol. The average molecular weight is 406 g/mol. The second-order valence-corrected chi connectivity index (χ2v) is 10.9. The Morgan fingerprint density at radius 1 is 1.19 bits per heavy atom. The molecule has 2 aliphatic rings. The molecule has 0 aromatic heterocycles. The molecule has 1 atom stereocenters. The second kappa shape index (κ2) is 6.78. The monoisotopic (exact) mass is 406 g/mol. The largest absolute Gasteiger partial charge is 0.505 e. The first kappa shape index (κ1) is 19.1. The first-order chi connectivity index (χ1) is 12.1. The molecular weight excluding hydrogens is 387 g/mol. The molecule has 2 aliphatic heterocycles. The molecule has 2 saturated heterocycles. The van der Waals surface area contributed by atoms with E-state index in [1.165, 1.54) is 15.3 Å². The van der Waals surface area contributed by atoms with Crippen molar-refractivity contribution in [3.05, 3.63) is 29.6 Å². The summed E-state index contributed by atoms with van der Waals surface area (Å²) in [6.07, 6.45) is 0.0938. The quantitative estimate of drug-likeness (QED) is 0.744. The Morgan fingerprint density at radius 2 is 1.85 bits per heavy atom. The normalized spacial score (nSPS) is 23.9. The van der Waals surface area contributed by atoms with Gasteiger partial charge in [0.25, 0.3) is 5.91 Å². The van der Waals surface area contributed by atoms with Gasteiger partial charge in [0.15, 0.2) is 21.4 Å². The zero-order chi connectivity index (χ0) is 19.1. The second-order valence-electron chi connectivity index (χ2n) is 6.43. The standard InChI is InChI=1S/C15H19FN2O6S2/c16-13-9-11(1-2-14(13)19)15(20)17-4-6-18(7-5-17)26(23,24)12-3-8-25(21,22)10-12/h1-2,9,12,19H,3-8,10H2. The summed E-state index contributed by atoms with van der Waals surface area (Å²) in [7, 11) is -7.05. The van der Waals surface area contributed by atoms with Crippen LogP contribution in [0.25, 0.3) is 0 Å². The number of rotatable bonds is 3. The molecule has 2 fully saturated rings. The number of nitrogens with zero attached hydrogens (tertiary/aromatic N) is 2. The van der Waals surface area contributed by atoms with E-state index in [1.54, 1.807) is 0 Å². The van der Waals surface area contributed by atoms with Crippen molar-refractivity contribution in [3.63, 3.8) is 0 Å². The lowest BCUT2D eigenvalue weighted by Gasteiger charge is -2.35. The minimum Gasteiger partial charge on any atom is -0.505 e. The number of phenols is 1. The van der Waals surface area contributed by atoms with Crippen molar-refractivity contribution in [2.75, 3.05) is 37.7 Å². The summed E-state index contributed by atoms with van der Waals surface area (Å²) < 4.78 is 62.9. The molecule has 0 radical (unpaired) electrons. The predicted octanol–water partition coefficient (Wildman–Crippen LogP) is -0.194. The van der Waals surface area contributed by atoms with E-state index < -0.39 is 42.6 Å². The zero-order valence-electron chi connectivity index (χ0n) is 13.8. The number of benzene rings is 1. The van der Waals surface area contributed by atoms with Gasteiger partial charge >= 0.3 is 0 Å². The molecule has 2 heterocycles. The van der Waals surface area contributed by atoms with Crippen LogP contribution < -0.4 is 0 Å². The fourth-order valence-corrected chi connectivity index (χ4v) is 7.69. The molecule has 1 amide bonds. The van der Waals surface area contributed by atoms with Crippen LogP contribution in [0, 0.1) is 5.82 Å². The highest BCUT2D eigenvalue weighted by molar-refractivity contribution is 7.95. The lowest BCUT2D eigenvalue weighted by molar-refractivity contribution is 0.0697. The third-order valence-corrected chi connectivity index (χ3v) is 9.00. The SMILES string of the molecule is O=C(c1ccc(O)c(F)c1)N1CCN(S(=O)(=O)C2CCS(=O)(=O)C2)CC1. The summed E-state index contributed by atoms with van der Waals surface area (Å²) in [5, 5.41) is 8.26. The fraction of sp³-hybridized carbons (Fsp3) is 0.533. The Balaban J connectivity index is 1.65. The van der Waals surface area contributed by atoms with Gasteiger partial charge in [0.1, 0.15) is 0 Å². The lowest BCUT2D eigenvalue weighted by Crippen LogP contribution is -2.52. The maximum Gasteiger partial charge on any atom is 0.254 e. The molecule has 144 valence electrons. The van der Waals surface area contributed by atoms with Gasteiger partial charge in [-0.3, -0.25) is 4.79 Å². The molecule has 0 spiro atoms. The average Bonchev–Trinajstić information content (AvgIpc) is 2.97. The van der Waals surface area contributed by atoms with E-state index in [0.717, 1.165) is 12.1 Å². The maximum atomic E-state index is 13.4. The summed E-state index contributed by atoms with van der Waals surface area (Å²) >= 11 is 0. The summed E-state index contributed by atoms with van der Waals surface area (Å²) in [5.41, 5.74) is 0.0680. The Labute approximate surface area is 151 Å². The van der Waals surface area contributed by atoms with Gasteiger partial charge in [-0.15, -0.1) is 0 Å². The zero-order valence-corrected chi connectivity index (χ0v) is 15.5. The summed E-state index contributed by atoms with van der Waals surface area (Å²) in [5.74, 6) is -2.39. The van der Waals surface area contributed by atoms with E-state index in [2.05, 4.69) is 0 Å². The number of carbonyl (C=O) groups is 1. The minimum absolute atomic E-state index is 0.0607. The number of phenolic OH excluding ortho intramolecular Hbond substituents is 1. The Kier molecular flexibility index (Phi) is 4.97. The van der Waals surface area contributed by atoms with E-state index in [0.29, 0.717) is 0 Å². The Bertz CT molecular complexity index is 923. The van der Waals surface area contributed by atoms with Gasteiger partial charge in [0.05, 0.1) is 16.8 Å². The molecule has 1 aromatic rings. The number of hydrogen-bond donors (Lipinski definition) is 1. The first-order valence-corrected chi connectivity index (χ1v) is 11.4. The lowest BCUT2D eigenvalue weighted by atomic mass is 10.1. The van der Waals surface area contributed by atoms with Gasteiger partial charge < -0.3 is 10.0 Å². The fourth-order valence-electron chi connectivity index (χ4n) is 3.17. The third-order valence-electron chi connectivity index (χ3n) is 4.69. The molecule has 8 nitrogen and oxygen atoms in total. The van der Waals surface area contributed by atoms with Crippen LogP contribution in [0.15, 0.2) is 18.2 Å². The highest BCUT2D eigenvalue weighted by atomic mass is 32.2. The van der Waals surface area contributed by atoms with E-state index in [9.17, 15) is 31.1 Å². The molecule has 0 bridgehead atoms. The minimum atomic E-state index is -3.74. The van der Waals surface area contributed by atoms with Gasteiger partial charge in [-0.2, -0.15) is 4.31 Å². The Morgan fingerprint density at radius 3 is 2.38 bits per heavy atom.